The summed E-state index contributed by atoms with van der Waals surface area (Å²) in [4.78, 5) is 26.0. The number of fused-ring (bicyclic) bond motifs is 1. The maximum Gasteiger partial charge on any atom is 0.338 e. The Labute approximate surface area is 146 Å². The van der Waals surface area contributed by atoms with Crippen molar-refractivity contribution in [2.24, 2.45) is 0 Å². The minimum absolute atomic E-state index is 0.237. The molecular formula is C19H20N2O4. The third kappa shape index (κ3) is 3.74. The molecule has 0 fully saturated rings. The molecule has 1 aliphatic heterocycles. The van der Waals surface area contributed by atoms with E-state index in [9.17, 15) is 9.59 Å². The standard InChI is InChI=1S/C19H20N2O4/c1-3-24-18(22)14-5-7-15(8-6-14)20-19(23)21-10-11-25-17-9-4-13(2)12-16(17)21/h4-9,12H,3,10-11H2,1-2H3,(H,20,23). The van der Waals surface area contributed by atoms with Crippen molar-refractivity contribution in [2.75, 3.05) is 30.0 Å². The molecule has 1 N–H and O–H groups in total. The number of benzene rings is 2. The summed E-state index contributed by atoms with van der Waals surface area (Å²) in [6, 6.07) is 12.1. The van der Waals surface area contributed by atoms with Crippen molar-refractivity contribution in [1.29, 1.82) is 0 Å². The molecule has 1 aliphatic rings. The first-order valence-electron chi connectivity index (χ1n) is 8.17. The van der Waals surface area contributed by atoms with Gasteiger partial charge in [0.05, 0.1) is 24.4 Å². The van der Waals surface area contributed by atoms with E-state index in [1.54, 1.807) is 36.1 Å². The topological polar surface area (TPSA) is 67.9 Å². The summed E-state index contributed by atoms with van der Waals surface area (Å²) in [6.45, 7) is 4.98. The minimum atomic E-state index is -0.377. The monoisotopic (exact) mass is 340 g/mol. The van der Waals surface area contributed by atoms with Gasteiger partial charge in [0, 0.05) is 5.69 Å². The molecule has 130 valence electrons. The van der Waals surface area contributed by atoms with Crippen LogP contribution in [0, 0.1) is 6.92 Å². The van der Waals surface area contributed by atoms with Gasteiger partial charge < -0.3 is 14.8 Å². The third-order valence-corrected chi connectivity index (χ3v) is 3.87. The molecule has 2 aromatic carbocycles. The van der Waals surface area contributed by atoms with E-state index >= 15 is 0 Å². The molecule has 0 saturated carbocycles. The van der Waals surface area contributed by atoms with Gasteiger partial charge in [-0.15, -0.1) is 0 Å². The zero-order chi connectivity index (χ0) is 17.8. The summed E-state index contributed by atoms with van der Waals surface area (Å²) in [5, 5.41) is 2.85. The highest BCUT2D eigenvalue weighted by molar-refractivity contribution is 6.03. The number of carbonyl (C=O) groups is 2. The van der Waals surface area contributed by atoms with Crippen molar-refractivity contribution >= 4 is 23.4 Å². The third-order valence-electron chi connectivity index (χ3n) is 3.87. The van der Waals surface area contributed by atoms with Crippen LogP contribution in [0.1, 0.15) is 22.8 Å². The van der Waals surface area contributed by atoms with Crippen LogP contribution in [0.3, 0.4) is 0 Å². The van der Waals surface area contributed by atoms with E-state index in [0.717, 1.165) is 11.3 Å². The number of carbonyl (C=O) groups excluding carboxylic acids is 2. The molecule has 0 atom stereocenters. The van der Waals surface area contributed by atoms with Gasteiger partial charge in [-0.05, 0) is 55.8 Å². The number of hydrogen-bond acceptors (Lipinski definition) is 4. The fourth-order valence-electron chi connectivity index (χ4n) is 2.63. The first-order valence-corrected chi connectivity index (χ1v) is 8.17. The van der Waals surface area contributed by atoms with Gasteiger partial charge in [0.25, 0.3) is 0 Å². The van der Waals surface area contributed by atoms with E-state index in [1.807, 2.05) is 25.1 Å². The number of ether oxygens (including phenoxy) is 2. The maximum atomic E-state index is 12.6. The summed E-state index contributed by atoms with van der Waals surface area (Å²) in [6.07, 6.45) is 0. The predicted octanol–water partition coefficient (Wildman–Crippen LogP) is 3.60. The summed E-state index contributed by atoms with van der Waals surface area (Å²) >= 11 is 0. The lowest BCUT2D eigenvalue weighted by atomic mass is 10.1. The highest BCUT2D eigenvalue weighted by Crippen LogP contribution is 2.32. The molecule has 1 heterocycles. The molecule has 0 unspecified atom stereocenters. The molecule has 2 amide bonds. The van der Waals surface area contributed by atoms with Crippen molar-refractivity contribution in [3.63, 3.8) is 0 Å². The molecule has 2 aromatic rings. The van der Waals surface area contributed by atoms with E-state index in [1.165, 1.54) is 0 Å². The summed E-state index contributed by atoms with van der Waals surface area (Å²) in [7, 11) is 0. The Bertz CT molecular complexity index is 787. The van der Waals surface area contributed by atoms with Gasteiger partial charge in [0.15, 0.2) is 0 Å². The number of anilines is 2. The van der Waals surface area contributed by atoms with E-state index in [2.05, 4.69) is 5.32 Å². The van der Waals surface area contributed by atoms with Crippen LogP contribution in [0.25, 0.3) is 0 Å². The molecule has 0 saturated heterocycles. The van der Waals surface area contributed by atoms with Crippen molar-refractivity contribution in [2.45, 2.75) is 13.8 Å². The first kappa shape index (κ1) is 16.8. The molecule has 6 heteroatoms. The normalized spacial score (nSPS) is 12.8. The van der Waals surface area contributed by atoms with E-state index in [-0.39, 0.29) is 12.0 Å². The molecule has 6 nitrogen and oxygen atoms in total. The Hall–Kier alpha value is -3.02. The maximum absolute atomic E-state index is 12.6. The lowest BCUT2D eigenvalue weighted by molar-refractivity contribution is 0.0526. The lowest BCUT2D eigenvalue weighted by Gasteiger charge is -2.29. The van der Waals surface area contributed by atoms with Crippen LogP contribution in [-0.2, 0) is 4.74 Å². The average Bonchev–Trinajstić information content (AvgIpc) is 2.62. The second-order valence-corrected chi connectivity index (χ2v) is 5.70. The first-order chi connectivity index (χ1) is 12.1. The van der Waals surface area contributed by atoms with Gasteiger partial charge >= 0.3 is 12.0 Å². The van der Waals surface area contributed by atoms with Crippen LogP contribution in [0.4, 0.5) is 16.2 Å². The summed E-state index contributed by atoms with van der Waals surface area (Å²) in [5.74, 6) is 0.322. The van der Waals surface area contributed by atoms with Crippen LogP contribution in [-0.4, -0.2) is 31.8 Å². The van der Waals surface area contributed by atoms with Crippen LogP contribution in [0.15, 0.2) is 42.5 Å². The van der Waals surface area contributed by atoms with E-state index < -0.39 is 0 Å². The van der Waals surface area contributed by atoms with Gasteiger partial charge in [0.2, 0.25) is 0 Å². The molecule has 3 rings (SSSR count). The molecule has 0 spiro atoms. The van der Waals surface area contributed by atoms with Crippen molar-refractivity contribution in [1.82, 2.24) is 0 Å². The number of esters is 1. The Morgan fingerprint density at radius 1 is 1.20 bits per heavy atom. The van der Waals surface area contributed by atoms with Crippen molar-refractivity contribution in [3.05, 3.63) is 53.6 Å². The number of nitrogens with zero attached hydrogens (tertiary/aromatic N) is 1. The Balaban J connectivity index is 1.73. The highest BCUT2D eigenvalue weighted by atomic mass is 16.5. The largest absolute Gasteiger partial charge is 0.490 e. The van der Waals surface area contributed by atoms with Crippen LogP contribution < -0.4 is 15.0 Å². The molecule has 0 aromatic heterocycles. The van der Waals surface area contributed by atoms with Crippen LogP contribution in [0.5, 0.6) is 5.75 Å². The highest BCUT2D eigenvalue weighted by Gasteiger charge is 2.23. The number of hydrogen-bond donors (Lipinski definition) is 1. The van der Waals surface area contributed by atoms with E-state index in [4.69, 9.17) is 9.47 Å². The van der Waals surface area contributed by atoms with Gasteiger partial charge in [0.1, 0.15) is 12.4 Å². The molecule has 25 heavy (non-hydrogen) atoms. The Kier molecular flexibility index (Phi) is 4.88. The van der Waals surface area contributed by atoms with Crippen LogP contribution in [0.2, 0.25) is 0 Å². The van der Waals surface area contributed by atoms with Gasteiger partial charge in [-0.2, -0.15) is 0 Å². The molecular weight excluding hydrogens is 320 g/mol. The second-order valence-electron chi connectivity index (χ2n) is 5.70. The predicted molar refractivity (Wildman–Crippen MR) is 95.4 cm³/mol. The van der Waals surface area contributed by atoms with E-state index in [0.29, 0.717) is 36.8 Å². The zero-order valence-electron chi connectivity index (χ0n) is 14.2. The van der Waals surface area contributed by atoms with Crippen molar-refractivity contribution in [3.8, 4) is 5.75 Å². The number of aryl methyl sites for hydroxylation is 1. The lowest BCUT2D eigenvalue weighted by Crippen LogP contribution is -2.40. The molecule has 0 radical (unpaired) electrons. The molecule has 0 aliphatic carbocycles. The van der Waals surface area contributed by atoms with Crippen LogP contribution >= 0.6 is 0 Å². The SMILES string of the molecule is CCOC(=O)c1ccc(NC(=O)N2CCOc3ccc(C)cc32)cc1. The Morgan fingerprint density at radius 2 is 1.96 bits per heavy atom. The number of rotatable bonds is 3. The number of urea groups is 1. The quantitative estimate of drug-likeness (QED) is 0.867. The van der Waals surface area contributed by atoms with Gasteiger partial charge in [-0.25, -0.2) is 9.59 Å². The van der Waals surface area contributed by atoms with Gasteiger partial charge in [-0.3, -0.25) is 4.90 Å². The average molecular weight is 340 g/mol. The fraction of sp³-hybridized carbons (Fsp3) is 0.263. The minimum Gasteiger partial charge on any atom is -0.490 e. The summed E-state index contributed by atoms with van der Waals surface area (Å²) < 4.78 is 10.5. The smallest absolute Gasteiger partial charge is 0.338 e. The summed E-state index contributed by atoms with van der Waals surface area (Å²) in [5.41, 5.74) is 2.87. The number of amides is 2. The fourth-order valence-corrected chi connectivity index (χ4v) is 2.63. The van der Waals surface area contributed by atoms with Crippen molar-refractivity contribution < 1.29 is 19.1 Å². The molecule has 0 bridgehead atoms. The second kappa shape index (κ2) is 7.25. The number of nitrogens with one attached hydrogen (secondary N) is 1. The zero-order valence-corrected chi connectivity index (χ0v) is 14.2. The Morgan fingerprint density at radius 3 is 2.68 bits per heavy atom. The van der Waals surface area contributed by atoms with Gasteiger partial charge in [-0.1, -0.05) is 6.07 Å².